The largest absolute Gasteiger partial charge is 0.435 e. The number of rotatable bonds is 7. The Morgan fingerprint density at radius 3 is 1.94 bits per heavy atom. The molecule has 6 heteroatoms. The minimum atomic E-state index is -0.0571. The van der Waals surface area contributed by atoms with Gasteiger partial charge >= 0.3 is 0 Å². The third-order valence-electron chi connectivity index (χ3n) is 13.0. The number of hydrogen-bond acceptors (Lipinski definition) is 5. The summed E-state index contributed by atoms with van der Waals surface area (Å²) in [5, 5.41) is 2.30. The lowest BCUT2D eigenvalue weighted by Crippen LogP contribution is -2.08. The average Bonchev–Trinajstić information content (AvgIpc) is 4.08. The molecule has 8 aromatic carbocycles. The first kappa shape index (κ1) is 37.1. The van der Waals surface area contributed by atoms with Crippen LogP contribution < -0.4 is 0 Å². The van der Waals surface area contributed by atoms with Gasteiger partial charge in [-0.15, -0.1) is 0 Å². The predicted octanol–water partition coefficient (Wildman–Crippen LogP) is 14.7. The topological polar surface area (TPSA) is 69.6 Å². The summed E-state index contributed by atoms with van der Waals surface area (Å²) in [5.41, 5.74) is 17.2. The summed E-state index contributed by atoms with van der Waals surface area (Å²) < 4.78 is 8.75. The molecule has 0 saturated heterocycles. The third kappa shape index (κ3) is 6.17. The summed E-state index contributed by atoms with van der Waals surface area (Å²) >= 11 is 0. The van der Waals surface area contributed by atoms with Crippen molar-refractivity contribution in [1.82, 2.24) is 24.5 Å². The van der Waals surface area contributed by atoms with Gasteiger partial charge in [0.2, 0.25) is 11.8 Å². The molecule has 6 nitrogen and oxygen atoms in total. The van der Waals surface area contributed by atoms with E-state index >= 15 is 0 Å². The van der Waals surface area contributed by atoms with Gasteiger partial charge < -0.3 is 4.42 Å². The van der Waals surface area contributed by atoms with E-state index in [1.54, 1.807) is 0 Å². The maximum atomic E-state index is 6.46. The van der Waals surface area contributed by atoms with E-state index in [1.807, 2.05) is 54.6 Å². The first-order valence-electron chi connectivity index (χ1n) is 22.2. The molecule has 0 bridgehead atoms. The SMILES string of the molecule is C1=CC(c2ccc(-c3nc(-c4ccccc4)nc(-n4c5ccccc5c5ccc6c(c54)C(c4ccc(-c5cccc7nc(-c8ccccc8)oc57)cc4)c4ccccc4-6)n3)cc2)=CCC1. The van der Waals surface area contributed by atoms with Crippen molar-refractivity contribution in [2.45, 2.75) is 18.8 Å². The van der Waals surface area contributed by atoms with Crippen molar-refractivity contribution in [2.24, 2.45) is 0 Å². The first-order chi connectivity index (χ1) is 32.2. The molecule has 0 amide bonds. The lowest BCUT2D eigenvalue weighted by atomic mass is 9.87. The van der Waals surface area contributed by atoms with Crippen LogP contribution >= 0.6 is 0 Å². The van der Waals surface area contributed by atoms with Gasteiger partial charge in [0.25, 0.3) is 0 Å². The second-order valence-corrected chi connectivity index (χ2v) is 16.8. The fourth-order valence-electron chi connectivity index (χ4n) is 10.00. The zero-order valence-electron chi connectivity index (χ0n) is 35.3. The Morgan fingerprint density at radius 1 is 0.477 bits per heavy atom. The lowest BCUT2D eigenvalue weighted by molar-refractivity contribution is 0.621. The van der Waals surface area contributed by atoms with Crippen LogP contribution in [0.25, 0.3) is 101 Å². The fourth-order valence-corrected chi connectivity index (χ4v) is 10.00. The quantitative estimate of drug-likeness (QED) is 0.160. The average molecular weight is 834 g/mol. The molecule has 0 aliphatic heterocycles. The third-order valence-corrected chi connectivity index (χ3v) is 13.0. The molecule has 306 valence electrons. The van der Waals surface area contributed by atoms with Crippen LogP contribution in [0.15, 0.2) is 211 Å². The highest BCUT2D eigenvalue weighted by Crippen LogP contribution is 2.52. The highest BCUT2D eigenvalue weighted by atomic mass is 16.3. The summed E-state index contributed by atoms with van der Waals surface area (Å²) in [6, 6.07) is 66.2. The molecule has 13 rings (SSSR count). The van der Waals surface area contributed by atoms with Crippen molar-refractivity contribution in [3.63, 3.8) is 0 Å². The second kappa shape index (κ2) is 15.1. The van der Waals surface area contributed by atoms with Gasteiger partial charge in [-0.05, 0) is 81.6 Å². The van der Waals surface area contributed by atoms with Gasteiger partial charge in [0.1, 0.15) is 5.52 Å². The Bertz CT molecular complexity index is 3690. The van der Waals surface area contributed by atoms with Gasteiger partial charge in [0, 0.05) is 38.9 Å². The summed E-state index contributed by atoms with van der Waals surface area (Å²) in [6.07, 6.45) is 8.91. The number of oxazole rings is 1. The smallest absolute Gasteiger partial charge is 0.238 e. The van der Waals surface area contributed by atoms with Crippen LogP contribution in [0, 0.1) is 0 Å². The molecule has 65 heavy (non-hydrogen) atoms. The molecule has 0 N–H and O–H groups in total. The molecule has 0 radical (unpaired) electrons. The van der Waals surface area contributed by atoms with E-state index in [0.29, 0.717) is 23.5 Å². The highest BCUT2D eigenvalue weighted by Gasteiger charge is 2.34. The van der Waals surface area contributed by atoms with E-state index in [0.717, 1.165) is 73.6 Å². The number of benzene rings is 8. The van der Waals surface area contributed by atoms with Gasteiger partial charge in [-0.25, -0.2) is 9.97 Å². The Hall–Kier alpha value is -8.48. The van der Waals surface area contributed by atoms with Gasteiger partial charge in [0.05, 0.1) is 11.0 Å². The normalized spacial score (nSPS) is 14.2. The van der Waals surface area contributed by atoms with Crippen LogP contribution in [0.1, 0.15) is 41.0 Å². The van der Waals surface area contributed by atoms with Crippen molar-refractivity contribution in [3.8, 4) is 62.4 Å². The van der Waals surface area contributed by atoms with E-state index in [9.17, 15) is 0 Å². The molecule has 2 aliphatic rings. The molecule has 0 saturated carbocycles. The molecule has 0 fully saturated rings. The maximum Gasteiger partial charge on any atom is 0.238 e. The highest BCUT2D eigenvalue weighted by molar-refractivity contribution is 6.13. The Morgan fingerprint density at radius 2 is 1.15 bits per heavy atom. The Balaban J connectivity index is 0.995. The van der Waals surface area contributed by atoms with Crippen LogP contribution in [0.5, 0.6) is 0 Å². The lowest BCUT2D eigenvalue weighted by Gasteiger charge is -2.18. The van der Waals surface area contributed by atoms with E-state index in [1.165, 1.54) is 39.0 Å². The van der Waals surface area contributed by atoms with Gasteiger partial charge in [-0.2, -0.15) is 9.97 Å². The van der Waals surface area contributed by atoms with Gasteiger partial charge in [-0.3, -0.25) is 4.57 Å². The first-order valence-corrected chi connectivity index (χ1v) is 22.2. The van der Waals surface area contributed by atoms with Crippen LogP contribution in [-0.4, -0.2) is 24.5 Å². The van der Waals surface area contributed by atoms with Crippen molar-refractivity contribution in [1.29, 1.82) is 0 Å². The minimum Gasteiger partial charge on any atom is -0.435 e. The Kier molecular flexibility index (Phi) is 8.62. The van der Waals surface area contributed by atoms with Crippen molar-refractivity contribution < 1.29 is 4.42 Å². The second-order valence-electron chi connectivity index (χ2n) is 16.8. The Labute approximate surface area is 375 Å². The minimum absolute atomic E-state index is 0.0571. The van der Waals surface area contributed by atoms with Crippen molar-refractivity contribution in [2.75, 3.05) is 0 Å². The van der Waals surface area contributed by atoms with Crippen molar-refractivity contribution in [3.05, 3.63) is 229 Å². The van der Waals surface area contributed by atoms with Crippen LogP contribution in [0.3, 0.4) is 0 Å². The fraction of sp³-hybridized carbons (Fsp3) is 0.0508. The summed E-state index contributed by atoms with van der Waals surface area (Å²) in [5.74, 6) is 2.39. The number of para-hydroxylation sites is 2. The molecule has 3 heterocycles. The molecule has 1 unspecified atom stereocenters. The van der Waals surface area contributed by atoms with E-state index in [2.05, 4.69) is 156 Å². The van der Waals surface area contributed by atoms with E-state index in [-0.39, 0.29) is 5.92 Å². The zero-order chi connectivity index (χ0) is 42.8. The predicted molar refractivity (Wildman–Crippen MR) is 263 cm³/mol. The maximum absolute atomic E-state index is 6.46. The summed E-state index contributed by atoms with van der Waals surface area (Å²) in [6.45, 7) is 0. The summed E-state index contributed by atoms with van der Waals surface area (Å²) in [4.78, 5) is 20.7. The van der Waals surface area contributed by atoms with E-state index in [4.69, 9.17) is 24.4 Å². The number of hydrogen-bond donors (Lipinski definition) is 0. The number of aromatic nitrogens is 5. The molecule has 11 aromatic rings. The molecular weight excluding hydrogens is 795 g/mol. The molecule has 3 aromatic heterocycles. The zero-order valence-corrected chi connectivity index (χ0v) is 35.3. The monoisotopic (exact) mass is 833 g/mol. The van der Waals surface area contributed by atoms with Crippen LogP contribution in [-0.2, 0) is 0 Å². The van der Waals surface area contributed by atoms with E-state index < -0.39 is 0 Å². The van der Waals surface area contributed by atoms with Gasteiger partial charge in [0.15, 0.2) is 17.2 Å². The van der Waals surface area contributed by atoms with Crippen LogP contribution in [0.4, 0.5) is 0 Å². The molecule has 2 aliphatic carbocycles. The molecule has 1 atom stereocenters. The molecular formula is C59H39N5O. The van der Waals surface area contributed by atoms with Crippen LogP contribution in [0.2, 0.25) is 0 Å². The van der Waals surface area contributed by atoms with Crippen molar-refractivity contribution >= 4 is 38.5 Å². The number of fused-ring (bicyclic) bond motifs is 8. The molecule has 0 spiro atoms. The standard InChI is InChI=1S/C59H39N5O/c1-4-15-37(16-5-1)38-27-33-42(34-28-38)57-61-56(41-17-6-2-7-18-41)62-59(63-57)64-51-26-13-12-22-46(51)49-36-35-48-45-21-10-11-23-47(45)52(53(48)54(49)64)40-31-29-39(30-32-40)44-24-14-25-50-55(44)65-58(60-50)43-19-8-3-9-20-43/h2-4,6-36,52H,1,5H2. The number of allylic oxidation sites excluding steroid dienone is 4. The number of nitrogens with zero attached hydrogens (tertiary/aromatic N) is 5. The van der Waals surface area contributed by atoms with Gasteiger partial charge in [-0.1, -0.05) is 182 Å². The summed E-state index contributed by atoms with van der Waals surface area (Å²) in [7, 11) is 0.